The molecule has 0 aliphatic rings. The lowest BCUT2D eigenvalue weighted by Crippen LogP contribution is -2.37. The summed E-state index contributed by atoms with van der Waals surface area (Å²) in [6, 6.07) is 0. The van der Waals surface area contributed by atoms with Crippen LogP contribution in [0.3, 0.4) is 0 Å². The van der Waals surface area contributed by atoms with Crippen molar-refractivity contribution in [3.63, 3.8) is 0 Å². The van der Waals surface area contributed by atoms with Gasteiger partial charge in [-0.05, 0) is 26.3 Å². The van der Waals surface area contributed by atoms with Crippen LogP contribution in [0, 0.1) is 0 Å². The Bertz CT molecular complexity index is 117. The molecule has 3 nitrogen and oxygen atoms in total. The van der Waals surface area contributed by atoms with Gasteiger partial charge in [0.25, 0.3) is 0 Å². The predicted molar refractivity (Wildman–Crippen MR) is 54.7 cm³/mol. The van der Waals surface area contributed by atoms with Crippen LogP contribution in [0.4, 0.5) is 0 Å². The summed E-state index contributed by atoms with van der Waals surface area (Å²) in [5.74, 6) is 0. The van der Waals surface area contributed by atoms with E-state index in [0.29, 0.717) is 13.1 Å². The first kappa shape index (κ1) is 12.9. The van der Waals surface area contributed by atoms with E-state index in [2.05, 4.69) is 11.8 Å². The number of nitrogens with zero attached hydrogens (tertiary/aromatic N) is 1. The van der Waals surface area contributed by atoms with Crippen LogP contribution < -0.4 is 0 Å². The minimum Gasteiger partial charge on any atom is -0.392 e. The Morgan fingerprint density at radius 2 is 1.77 bits per heavy atom. The predicted octanol–water partition coefficient (Wildman–Crippen LogP) is 0.850. The van der Waals surface area contributed by atoms with Crippen molar-refractivity contribution in [2.75, 3.05) is 19.6 Å². The fourth-order valence-electron chi connectivity index (χ4n) is 1.37. The van der Waals surface area contributed by atoms with Crippen LogP contribution in [-0.4, -0.2) is 47.0 Å². The summed E-state index contributed by atoms with van der Waals surface area (Å²) in [4.78, 5) is 2.11. The standard InChI is InChI=1S/C10H23NO2/c1-4-6-11(7-9(3)12)8-10(13)5-2/h9-10,12-13H,4-8H2,1-3H3. The van der Waals surface area contributed by atoms with Crippen molar-refractivity contribution < 1.29 is 10.2 Å². The second-order valence-electron chi connectivity index (χ2n) is 3.67. The number of hydrogen-bond donors (Lipinski definition) is 2. The monoisotopic (exact) mass is 189 g/mol. The molecule has 2 N–H and O–H groups in total. The summed E-state index contributed by atoms with van der Waals surface area (Å²) >= 11 is 0. The van der Waals surface area contributed by atoms with E-state index >= 15 is 0 Å². The molecule has 0 bridgehead atoms. The van der Waals surface area contributed by atoms with Crippen LogP contribution in [0.15, 0.2) is 0 Å². The van der Waals surface area contributed by atoms with Crippen molar-refractivity contribution in [1.82, 2.24) is 4.90 Å². The highest BCUT2D eigenvalue weighted by Gasteiger charge is 2.11. The molecule has 0 aromatic heterocycles. The second-order valence-corrected chi connectivity index (χ2v) is 3.67. The fraction of sp³-hybridized carbons (Fsp3) is 1.00. The molecule has 0 aliphatic carbocycles. The van der Waals surface area contributed by atoms with E-state index in [9.17, 15) is 10.2 Å². The van der Waals surface area contributed by atoms with Crippen molar-refractivity contribution >= 4 is 0 Å². The molecule has 0 amide bonds. The maximum Gasteiger partial charge on any atom is 0.0664 e. The van der Waals surface area contributed by atoms with Crippen LogP contribution in [0.25, 0.3) is 0 Å². The van der Waals surface area contributed by atoms with Crippen LogP contribution >= 0.6 is 0 Å². The third kappa shape index (κ3) is 6.99. The lowest BCUT2D eigenvalue weighted by molar-refractivity contribution is 0.0744. The van der Waals surface area contributed by atoms with Gasteiger partial charge in [0, 0.05) is 13.1 Å². The van der Waals surface area contributed by atoms with E-state index in [4.69, 9.17) is 0 Å². The van der Waals surface area contributed by atoms with Gasteiger partial charge in [-0.15, -0.1) is 0 Å². The molecule has 0 heterocycles. The molecule has 0 spiro atoms. The molecule has 0 aromatic carbocycles. The molecule has 0 aromatic rings. The Morgan fingerprint density at radius 3 is 2.15 bits per heavy atom. The first-order valence-corrected chi connectivity index (χ1v) is 5.18. The first-order valence-electron chi connectivity index (χ1n) is 5.18. The van der Waals surface area contributed by atoms with Gasteiger partial charge in [0.05, 0.1) is 12.2 Å². The van der Waals surface area contributed by atoms with Gasteiger partial charge in [-0.3, -0.25) is 4.90 Å². The minimum atomic E-state index is -0.310. The van der Waals surface area contributed by atoms with E-state index in [0.717, 1.165) is 19.4 Å². The number of hydrogen-bond acceptors (Lipinski definition) is 3. The summed E-state index contributed by atoms with van der Waals surface area (Å²) in [6.07, 6.45) is 1.27. The minimum absolute atomic E-state index is 0.259. The molecular formula is C10H23NO2. The van der Waals surface area contributed by atoms with Crippen LogP contribution in [-0.2, 0) is 0 Å². The van der Waals surface area contributed by atoms with E-state index in [1.807, 2.05) is 6.92 Å². The van der Waals surface area contributed by atoms with Gasteiger partial charge >= 0.3 is 0 Å². The Labute approximate surface area is 81.4 Å². The summed E-state index contributed by atoms with van der Waals surface area (Å²) in [5, 5.41) is 18.7. The van der Waals surface area contributed by atoms with Gasteiger partial charge in [-0.2, -0.15) is 0 Å². The van der Waals surface area contributed by atoms with Gasteiger partial charge < -0.3 is 10.2 Å². The van der Waals surface area contributed by atoms with Crippen LogP contribution in [0.5, 0.6) is 0 Å². The quantitative estimate of drug-likeness (QED) is 0.624. The van der Waals surface area contributed by atoms with E-state index in [1.165, 1.54) is 0 Å². The lowest BCUT2D eigenvalue weighted by Gasteiger charge is -2.25. The highest BCUT2D eigenvalue weighted by Crippen LogP contribution is 1.99. The van der Waals surface area contributed by atoms with Gasteiger partial charge in [-0.1, -0.05) is 13.8 Å². The normalized spacial score (nSPS) is 16.2. The highest BCUT2D eigenvalue weighted by atomic mass is 16.3. The number of aliphatic hydroxyl groups is 2. The molecule has 2 unspecified atom stereocenters. The van der Waals surface area contributed by atoms with Crippen molar-refractivity contribution in [2.45, 2.75) is 45.8 Å². The molecule has 0 aliphatic heterocycles. The van der Waals surface area contributed by atoms with Gasteiger partial charge in [0.1, 0.15) is 0 Å². The molecule has 0 fully saturated rings. The fourth-order valence-corrected chi connectivity index (χ4v) is 1.37. The average molecular weight is 189 g/mol. The highest BCUT2D eigenvalue weighted by molar-refractivity contribution is 4.65. The van der Waals surface area contributed by atoms with Crippen molar-refractivity contribution in [2.24, 2.45) is 0 Å². The zero-order chi connectivity index (χ0) is 10.3. The molecule has 80 valence electrons. The van der Waals surface area contributed by atoms with Crippen molar-refractivity contribution in [1.29, 1.82) is 0 Å². The topological polar surface area (TPSA) is 43.7 Å². The van der Waals surface area contributed by atoms with Crippen LogP contribution in [0.2, 0.25) is 0 Å². The molecule has 3 heteroatoms. The zero-order valence-corrected chi connectivity index (χ0v) is 9.03. The smallest absolute Gasteiger partial charge is 0.0664 e. The molecule has 13 heavy (non-hydrogen) atoms. The summed E-state index contributed by atoms with van der Waals surface area (Å²) < 4.78 is 0. The molecule has 0 radical (unpaired) electrons. The molecule has 2 atom stereocenters. The summed E-state index contributed by atoms with van der Waals surface area (Å²) in [5.41, 5.74) is 0. The van der Waals surface area contributed by atoms with Gasteiger partial charge in [-0.25, -0.2) is 0 Å². The van der Waals surface area contributed by atoms with E-state index in [-0.39, 0.29) is 12.2 Å². The van der Waals surface area contributed by atoms with E-state index in [1.54, 1.807) is 6.92 Å². The SMILES string of the molecule is CCCN(CC(C)O)CC(O)CC. The molecule has 0 saturated heterocycles. The average Bonchev–Trinajstić information content (AvgIpc) is 2.03. The third-order valence-corrected chi connectivity index (χ3v) is 2.00. The summed E-state index contributed by atoms with van der Waals surface area (Å²) in [7, 11) is 0. The Balaban J connectivity index is 3.78. The first-order chi connectivity index (χ1) is 6.10. The maximum atomic E-state index is 9.44. The van der Waals surface area contributed by atoms with Crippen LogP contribution in [0.1, 0.15) is 33.6 Å². The number of aliphatic hydroxyl groups excluding tert-OH is 2. The Morgan fingerprint density at radius 1 is 1.15 bits per heavy atom. The zero-order valence-electron chi connectivity index (χ0n) is 9.03. The van der Waals surface area contributed by atoms with Gasteiger partial charge in [0.15, 0.2) is 0 Å². The second kappa shape index (κ2) is 7.30. The third-order valence-electron chi connectivity index (χ3n) is 2.00. The maximum absolute atomic E-state index is 9.44. The Hall–Kier alpha value is -0.120. The van der Waals surface area contributed by atoms with Crippen molar-refractivity contribution in [3.05, 3.63) is 0 Å². The summed E-state index contributed by atoms with van der Waals surface area (Å²) in [6.45, 7) is 8.13. The van der Waals surface area contributed by atoms with Crippen molar-refractivity contribution in [3.8, 4) is 0 Å². The largest absolute Gasteiger partial charge is 0.392 e. The number of rotatable bonds is 7. The van der Waals surface area contributed by atoms with Gasteiger partial charge in [0.2, 0.25) is 0 Å². The van der Waals surface area contributed by atoms with E-state index < -0.39 is 0 Å². The molecule has 0 rings (SSSR count). The lowest BCUT2D eigenvalue weighted by atomic mass is 10.2. The Kier molecular flexibility index (Phi) is 7.23. The molecule has 0 saturated carbocycles. The molecular weight excluding hydrogens is 166 g/mol.